The number of esters is 1. The van der Waals surface area contributed by atoms with Crippen LogP contribution in [-0.2, 0) is 16.1 Å². The normalized spacial score (nSPS) is 25.3. The predicted molar refractivity (Wildman–Crippen MR) is 110 cm³/mol. The van der Waals surface area contributed by atoms with E-state index in [0.717, 1.165) is 32.5 Å². The van der Waals surface area contributed by atoms with Crippen LogP contribution in [0.3, 0.4) is 0 Å². The summed E-state index contributed by atoms with van der Waals surface area (Å²) in [5, 5.41) is 0. The summed E-state index contributed by atoms with van der Waals surface area (Å²) in [6, 6.07) is 11.5. The summed E-state index contributed by atoms with van der Waals surface area (Å²) in [6.07, 6.45) is 5.37. The monoisotopic (exact) mass is 372 g/mol. The van der Waals surface area contributed by atoms with E-state index in [4.69, 9.17) is 4.74 Å². The highest BCUT2D eigenvalue weighted by atomic mass is 16.6. The highest BCUT2D eigenvalue weighted by Crippen LogP contribution is 2.31. The maximum atomic E-state index is 12.1. The van der Waals surface area contributed by atoms with E-state index in [1.807, 2.05) is 20.8 Å². The maximum absolute atomic E-state index is 12.1. The lowest BCUT2D eigenvalue weighted by molar-refractivity contribution is -0.156. The highest BCUT2D eigenvalue weighted by molar-refractivity contribution is 5.70. The Morgan fingerprint density at radius 1 is 1.00 bits per heavy atom. The second-order valence-electron chi connectivity index (χ2n) is 9.26. The minimum Gasteiger partial charge on any atom is -0.460 e. The number of rotatable bonds is 5. The summed E-state index contributed by atoms with van der Waals surface area (Å²) in [4.78, 5) is 17.3. The van der Waals surface area contributed by atoms with Crippen LogP contribution < -0.4 is 0 Å². The van der Waals surface area contributed by atoms with Gasteiger partial charge in [-0.25, -0.2) is 0 Å². The minimum atomic E-state index is -0.367. The van der Waals surface area contributed by atoms with E-state index < -0.39 is 0 Å². The Labute approximate surface area is 164 Å². The van der Waals surface area contributed by atoms with Crippen molar-refractivity contribution < 1.29 is 9.53 Å². The first-order valence-electron chi connectivity index (χ1n) is 10.6. The molecule has 4 heteroatoms. The van der Waals surface area contributed by atoms with E-state index in [1.165, 1.54) is 31.5 Å². The molecule has 0 aromatic heterocycles. The Kier molecular flexibility index (Phi) is 6.93. The first-order valence-corrected chi connectivity index (χ1v) is 10.6. The summed E-state index contributed by atoms with van der Waals surface area (Å²) in [5.41, 5.74) is 1.04. The molecule has 0 bridgehead atoms. The van der Waals surface area contributed by atoms with Crippen molar-refractivity contribution in [1.29, 1.82) is 0 Å². The first kappa shape index (κ1) is 20.3. The lowest BCUT2D eigenvalue weighted by Crippen LogP contribution is -2.50. The van der Waals surface area contributed by atoms with Crippen LogP contribution in [0, 0.1) is 5.92 Å². The first-order chi connectivity index (χ1) is 12.9. The molecule has 1 aromatic carbocycles. The van der Waals surface area contributed by atoms with Crippen LogP contribution in [0.2, 0.25) is 0 Å². The molecule has 2 fully saturated rings. The standard InChI is InChI=1S/C23H36N2O2/c1-23(2,3)27-22(26)17-19-9-11-21(12-10-19)25-15-13-24(14-16-25)18-20-7-5-4-6-8-20/h4-8,19,21H,9-18H2,1-3H3. The smallest absolute Gasteiger partial charge is 0.306 e. The number of benzene rings is 1. The molecule has 0 amide bonds. The molecular weight excluding hydrogens is 336 g/mol. The fraction of sp³-hybridized carbons (Fsp3) is 0.696. The average molecular weight is 373 g/mol. The molecule has 1 aromatic rings. The Hall–Kier alpha value is -1.39. The molecule has 0 atom stereocenters. The second kappa shape index (κ2) is 9.20. The molecule has 3 rings (SSSR count). The number of hydrogen-bond acceptors (Lipinski definition) is 4. The Bertz CT molecular complexity index is 580. The van der Waals surface area contributed by atoms with E-state index >= 15 is 0 Å². The third-order valence-electron chi connectivity index (χ3n) is 5.86. The van der Waals surface area contributed by atoms with Crippen LogP contribution >= 0.6 is 0 Å². The maximum Gasteiger partial charge on any atom is 0.306 e. The van der Waals surface area contributed by atoms with Crippen molar-refractivity contribution in [2.45, 2.75) is 71.1 Å². The fourth-order valence-electron chi connectivity index (χ4n) is 4.46. The molecule has 1 heterocycles. The van der Waals surface area contributed by atoms with E-state index in [1.54, 1.807) is 0 Å². The van der Waals surface area contributed by atoms with Crippen LogP contribution in [0.1, 0.15) is 58.4 Å². The molecule has 2 aliphatic rings. The molecule has 1 aliphatic heterocycles. The molecule has 0 spiro atoms. The molecular formula is C23H36N2O2. The zero-order valence-corrected chi connectivity index (χ0v) is 17.3. The van der Waals surface area contributed by atoms with E-state index in [-0.39, 0.29) is 11.6 Å². The molecule has 0 radical (unpaired) electrons. The number of ether oxygens (including phenoxy) is 1. The highest BCUT2D eigenvalue weighted by Gasteiger charge is 2.30. The summed E-state index contributed by atoms with van der Waals surface area (Å²) >= 11 is 0. The number of piperazine rings is 1. The van der Waals surface area contributed by atoms with Gasteiger partial charge in [-0.05, 0) is 57.9 Å². The van der Waals surface area contributed by atoms with Gasteiger partial charge in [0, 0.05) is 45.2 Å². The van der Waals surface area contributed by atoms with Crippen molar-refractivity contribution in [3.05, 3.63) is 35.9 Å². The van der Waals surface area contributed by atoms with E-state index in [0.29, 0.717) is 18.4 Å². The second-order valence-corrected chi connectivity index (χ2v) is 9.26. The van der Waals surface area contributed by atoms with E-state index in [2.05, 4.69) is 40.1 Å². The SMILES string of the molecule is CC(C)(C)OC(=O)CC1CCC(N2CCN(Cc3ccccc3)CC2)CC1. The zero-order chi connectivity index (χ0) is 19.3. The Morgan fingerprint density at radius 2 is 1.63 bits per heavy atom. The Balaban J connectivity index is 1.36. The number of nitrogens with zero attached hydrogens (tertiary/aromatic N) is 2. The van der Waals surface area contributed by atoms with Crippen molar-refractivity contribution >= 4 is 5.97 Å². The van der Waals surface area contributed by atoms with Crippen molar-refractivity contribution in [1.82, 2.24) is 9.80 Å². The van der Waals surface area contributed by atoms with Gasteiger partial charge in [-0.1, -0.05) is 30.3 Å². The van der Waals surface area contributed by atoms with Crippen LogP contribution in [0.15, 0.2) is 30.3 Å². The van der Waals surface area contributed by atoms with Gasteiger partial charge in [-0.3, -0.25) is 14.6 Å². The van der Waals surface area contributed by atoms with Crippen LogP contribution in [0.4, 0.5) is 0 Å². The zero-order valence-electron chi connectivity index (χ0n) is 17.3. The minimum absolute atomic E-state index is 0.0273. The van der Waals surface area contributed by atoms with Gasteiger partial charge in [0.05, 0.1) is 0 Å². The lowest BCUT2D eigenvalue weighted by atomic mass is 9.83. The van der Waals surface area contributed by atoms with Gasteiger partial charge < -0.3 is 4.74 Å². The fourth-order valence-corrected chi connectivity index (χ4v) is 4.46. The molecule has 1 aliphatic carbocycles. The van der Waals surface area contributed by atoms with Crippen molar-refractivity contribution in [2.75, 3.05) is 26.2 Å². The van der Waals surface area contributed by atoms with Gasteiger partial charge >= 0.3 is 5.97 Å². The third-order valence-corrected chi connectivity index (χ3v) is 5.86. The molecule has 4 nitrogen and oxygen atoms in total. The predicted octanol–water partition coefficient (Wildman–Crippen LogP) is 4.09. The summed E-state index contributed by atoms with van der Waals surface area (Å²) in [7, 11) is 0. The number of hydrogen-bond donors (Lipinski definition) is 0. The molecule has 1 saturated carbocycles. The summed E-state index contributed by atoms with van der Waals surface area (Å²) in [6.45, 7) is 11.6. The van der Waals surface area contributed by atoms with Gasteiger partial charge in [-0.15, -0.1) is 0 Å². The van der Waals surface area contributed by atoms with Gasteiger partial charge in [0.15, 0.2) is 0 Å². The average Bonchev–Trinajstić information content (AvgIpc) is 2.62. The molecule has 150 valence electrons. The van der Waals surface area contributed by atoms with Gasteiger partial charge in [0.1, 0.15) is 5.60 Å². The van der Waals surface area contributed by atoms with Crippen LogP contribution in [-0.4, -0.2) is 53.6 Å². The van der Waals surface area contributed by atoms with Crippen molar-refractivity contribution in [3.8, 4) is 0 Å². The Morgan fingerprint density at radius 3 is 2.22 bits per heavy atom. The molecule has 1 saturated heterocycles. The number of carbonyl (C=O) groups excluding carboxylic acids is 1. The number of carbonyl (C=O) groups is 1. The van der Waals surface area contributed by atoms with E-state index in [9.17, 15) is 4.79 Å². The lowest BCUT2D eigenvalue weighted by Gasteiger charge is -2.42. The van der Waals surface area contributed by atoms with Crippen LogP contribution in [0.5, 0.6) is 0 Å². The van der Waals surface area contributed by atoms with Crippen molar-refractivity contribution in [2.24, 2.45) is 5.92 Å². The quantitative estimate of drug-likeness (QED) is 0.729. The third kappa shape index (κ3) is 6.62. The molecule has 0 unspecified atom stereocenters. The largest absolute Gasteiger partial charge is 0.460 e. The van der Waals surface area contributed by atoms with Gasteiger partial charge in [0.2, 0.25) is 0 Å². The summed E-state index contributed by atoms with van der Waals surface area (Å²) in [5.74, 6) is 0.482. The summed E-state index contributed by atoms with van der Waals surface area (Å²) < 4.78 is 5.49. The molecule has 27 heavy (non-hydrogen) atoms. The van der Waals surface area contributed by atoms with Gasteiger partial charge in [-0.2, -0.15) is 0 Å². The van der Waals surface area contributed by atoms with Crippen molar-refractivity contribution in [3.63, 3.8) is 0 Å². The van der Waals surface area contributed by atoms with Gasteiger partial charge in [0.25, 0.3) is 0 Å². The molecule has 0 N–H and O–H groups in total. The van der Waals surface area contributed by atoms with Crippen LogP contribution in [0.25, 0.3) is 0 Å². The topological polar surface area (TPSA) is 32.8 Å².